The van der Waals surface area contributed by atoms with Crippen molar-refractivity contribution in [1.29, 1.82) is 0 Å². The van der Waals surface area contributed by atoms with Crippen LogP contribution in [0.5, 0.6) is 0 Å². The van der Waals surface area contributed by atoms with E-state index in [4.69, 9.17) is 11.6 Å². The van der Waals surface area contributed by atoms with Crippen molar-refractivity contribution >= 4 is 27.5 Å². The highest BCUT2D eigenvalue weighted by atomic mass is 79.9. The molecule has 0 heterocycles. The molecule has 0 unspecified atom stereocenters. The SMILES string of the molecule is C=C(Br)Cc1ccc(Cl)c(C)c1. The van der Waals surface area contributed by atoms with Crippen molar-refractivity contribution in [3.8, 4) is 0 Å². The van der Waals surface area contributed by atoms with Crippen LogP contribution in [0.25, 0.3) is 0 Å². The molecule has 0 atom stereocenters. The van der Waals surface area contributed by atoms with Gasteiger partial charge in [-0.05, 0) is 28.6 Å². The second kappa shape index (κ2) is 4.11. The molecular formula is C10H10BrCl. The molecule has 0 aromatic heterocycles. The summed E-state index contributed by atoms with van der Waals surface area (Å²) in [6.45, 7) is 5.79. The van der Waals surface area contributed by atoms with Crippen molar-refractivity contribution in [2.45, 2.75) is 13.3 Å². The second-order valence-corrected chi connectivity index (χ2v) is 4.31. The van der Waals surface area contributed by atoms with Gasteiger partial charge in [-0.3, -0.25) is 0 Å². The van der Waals surface area contributed by atoms with Crippen molar-refractivity contribution in [3.63, 3.8) is 0 Å². The van der Waals surface area contributed by atoms with Crippen molar-refractivity contribution in [1.82, 2.24) is 0 Å². The summed E-state index contributed by atoms with van der Waals surface area (Å²) in [5.74, 6) is 0. The summed E-state index contributed by atoms with van der Waals surface area (Å²) in [5, 5.41) is 0.818. The maximum absolute atomic E-state index is 5.88. The van der Waals surface area contributed by atoms with E-state index in [1.807, 2.05) is 19.1 Å². The van der Waals surface area contributed by atoms with Crippen LogP contribution in [0.15, 0.2) is 29.3 Å². The molecule has 0 bridgehead atoms. The molecule has 0 aliphatic carbocycles. The molecule has 1 rings (SSSR count). The Labute approximate surface area is 86.4 Å². The predicted octanol–water partition coefficient (Wildman–Crippen LogP) is 4.10. The monoisotopic (exact) mass is 244 g/mol. The fraction of sp³-hybridized carbons (Fsp3) is 0.200. The van der Waals surface area contributed by atoms with E-state index in [0.29, 0.717) is 0 Å². The Hall–Kier alpha value is -0.270. The zero-order valence-corrected chi connectivity index (χ0v) is 9.24. The molecule has 0 aliphatic heterocycles. The van der Waals surface area contributed by atoms with Gasteiger partial charge >= 0.3 is 0 Å². The maximum Gasteiger partial charge on any atom is 0.0435 e. The summed E-state index contributed by atoms with van der Waals surface area (Å²) in [7, 11) is 0. The van der Waals surface area contributed by atoms with Crippen LogP contribution in [0.2, 0.25) is 5.02 Å². The Kier molecular flexibility index (Phi) is 3.36. The minimum Gasteiger partial charge on any atom is -0.0885 e. The lowest BCUT2D eigenvalue weighted by molar-refractivity contribution is 1.24. The summed E-state index contributed by atoms with van der Waals surface area (Å²) in [4.78, 5) is 0. The normalized spacial score (nSPS) is 9.92. The molecule has 64 valence electrons. The minimum absolute atomic E-state index is 0.818. The molecule has 0 spiro atoms. The summed E-state index contributed by atoms with van der Waals surface area (Å²) in [5.41, 5.74) is 2.35. The van der Waals surface area contributed by atoms with Crippen LogP contribution >= 0.6 is 27.5 Å². The van der Waals surface area contributed by atoms with Crippen molar-refractivity contribution in [2.75, 3.05) is 0 Å². The molecule has 12 heavy (non-hydrogen) atoms. The third-order valence-corrected chi connectivity index (χ3v) is 2.32. The van der Waals surface area contributed by atoms with Crippen LogP contribution in [-0.4, -0.2) is 0 Å². The van der Waals surface area contributed by atoms with Crippen LogP contribution in [0.1, 0.15) is 11.1 Å². The van der Waals surface area contributed by atoms with Gasteiger partial charge in [0.2, 0.25) is 0 Å². The average Bonchev–Trinajstić information content (AvgIpc) is 1.96. The van der Waals surface area contributed by atoms with Crippen LogP contribution in [0.3, 0.4) is 0 Å². The van der Waals surface area contributed by atoms with Gasteiger partial charge in [0, 0.05) is 11.4 Å². The van der Waals surface area contributed by atoms with Gasteiger partial charge in [-0.2, -0.15) is 0 Å². The first-order valence-corrected chi connectivity index (χ1v) is 4.85. The summed E-state index contributed by atoms with van der Waals surface area (Å²) >= 11 is 9.21. The van der Waals surface area contributed by atoms with Gasteiger partial charge in [0.15, 0.2) is 0 Å². The van der Waals surface area contributed by atoms with Crippen LogP contribution in [0, 0.1) is 6.92 Å². The molecule has 0 aliphatic rings. The molecule has 1 aromatic rings. The van der Waals surface area contributed by atoms with Crippen LogP contribution in [0.4, 0.5) is 0 Å². The molecule has 0 saturated heterocycles. The first kappa shape index (κ1) is 9.82. The van der Waals surface area contributed by atoms with Crippen LogP contribution < -0.4 is 0 Å². The highest BCUT2D eigenvalue weighted by Crippen LogP contribution is 2.19. The highest BCUT2D eigenvalue weighted by Gasteiger charge is 1.97. The van der Waals surface area contributed by atoms with Gasteiger partial charge in [-0.25, -0.2) is 0 Å². The van der Waals surface area contributed by atoms with Crippen molar-refractivity contribution in [2.24, 2.45) is 0 Å². The van der Waals surface area contributed by atoms with E-state index < -0.39 is 0 Å². The van der Waals surface area contributed by atoms with E-state index in [9.17, 15) is 0 Å². The zero-order chi connectivity index (χ0) is 9.14. The number of aryl methyl sites for hydroxylation is 1. The average molecular weight is 246 g/mol. The van der Waals surface area contributed by atoms with Gasteiger partial charge in [0.1, 0.15) is 0 Å². The fourth-order valence-corrected chi connectivity index (χ4v) is 1.48. The molecule has 0 N–H and O–H groups in total. The Bertz CT molecular complexity index is 305. The topological polar surface area (TPSA) is 0 Å². The highest BCUT2D eigenvalue weighted by molar-refractivity contribution is 9.11. The third kappa shape index (κ3) is 2.65. The van der Waals surface area contributed by atoms with Gasteiger partial charge < -0.3 is 0 Å². The first-order chi connectivity index (χ1) is 5.59. The number of hydrogen-bond acceptors (Lipinski definition) is 0. The number of allylic oxidation sites excluding steroid dienone is 1. The van der Waals surface area contributed by atoms with Gasteiger partial charge in [-0.15, -0.1) is 0 Å². The predicted molar refractivity (Wildman–Crippen MR) is 58.0 cm³/mol. The van der Waals surface area contributed by atoms with Crippen molar-refractivity contribution in [3.05, 3.63) is 45.4 Å². The first-order valence-electron chi connectivity index (χ1n) is 3.68. The lowest BCUT2D eigenvalue weighted by Crippen LogP contribution is -1.85. The molecular weight excluding hydrogens is 235 g/mol. The second-order valence-electron chi connectivity index (χ2n) is 2.78. The molecule has 0 saturated carbocycles. The number of halogens is 2. The fourth-order valence-electron chi connectivity index (χ4n) is 1.04. The lowest BCUT2D eigenvalue weighted by atomic mass is 10.1. The standard InChI is InChI=1S/C10H10BrCl/c1-7-5-9(6-8(2)11)3-4-10(7)12/h3-5H,2,6H2,1H3. The lowest BCUT2D eigenvalue weighted by Gasteiger charge is -2.02. The van der Waals surface area contributed by atoms with E-state index in [1.54, 1.807) is 0 Å². The molecule has 2 heteroatoms. The van der Waals surface area contributed by atoms with E-state index in [-0.39, 0.29) is 0 Å². The Morgan fingerprint density at radius 1 is 1.58 bits per heavy atom. The summed E-state index contributed by atoms with van der Waals surface area (Å²) in [6.07, 6.45) is 0.859. The number of benzene rings is 1. The summed E-state index contributed by atoms with van der Waals surface area (Å²) < 4.78 is 0.990. The van der Waals surface area contributed by atoms with Crippen LogP contribution in [-0.2, 0) is 6.42 Å². The van der Waals surface area contributed by atoms with Crippen molar-refractivity contribution < 1.29 is 0 Å². The van der Waals surface area contributed by atoms with Gasteiger partial charge in [-0.1, -0.05) is 46.2 Å². The Morgan fingerprint density at radius 3 is 2.75 bits per heavy atom. The van der Waals surface area contributed by atoms with Gasteiger partial charge in [0.25, 0.3) is 0 Å². The quantitative estimate of drug-likeness (QED) is 0.736. The third-order valence-electron chi connectivity index (χ3n) is 1.62. The Balaban J connectivity index is 2.89. The Morgan fingerprint density at radius 2 is 2.25 bits per heavy atom. The van der Waals surface area contributed by atoms with E-state index in [0.717, 1.165) is 21.5 Å². The smallest absolute Gasteiger partial charge is 0.0435 e. The van der Waals surface area contributed by atoms with E-state index >= 15 is 0 Å². The van der Waals surface area contributed by atoms with Gasteiger partial charge in [0.05, 0.1) is 0 Å². The van der Waals surface area contributed by atoms with E-state index in [2.05, 4.69) is 28.6 Å². The molecule has 1 aromatic carbocycles. The minimum atomic E-state index is 0.818. The number of rotatable bonds is 2. The molecule has 0 amide bonds. The number of hydrogen-bond donors (Lipinski definition) is 0. The largest absolute Gasteiger partial charge is 0.0885 e. The molecule has 0 radical (unpaired) electrons. The van der Waals surface area contributed by atoms with E-state index in [1.165, 1.54) is 5.56 Å². The zero-order valence-electron chi connectivity index (χ0n) is 6.90. The summed E-state index contributed by atoms with van der Waals surface area (Å²) in [6, 6.07) is 6.01. The maximum atomic E-state index is 5.88. The molecule has 0 nitrogen and oxygen atoms in total. The molecule has 0 fully saturated rings.